The van der Waals surface area contributed by atoms with Crippen molar-refractivity contribution in [3.05, 3.63) is 95.2 Å². The molecule has 0 fully saturated rings. The summed E-state index contributed by atoms with van der Waals surface area (Å²) in [6.45, 7) is 7.55. The molecular formula is C33H40N4O3. The van der Waals surface area contributed by atoms with Crippen molar-refractivity contribution in [3.8, 4) is 5.75 Å². The van der Waals surface area contributed by atoms with Crippen molar-refractivity contribution in [1.29, 1.82) is 0 Å². The zero-order valence-corrected chi connectivity index (χ0v) is 24.0. The van der Waals surface area contributed by atoms with E-state index in [4.69, 9.17) is 4.74 Å². The van der Waals surface area contributed by atoms with E-state index < -0.39 is 0 Å². The average Bonchev–Trinajstić information content (AvgIpc) is 3.38. The van der Waals surface area contributed by atoms with Crippen LogP contribution in [0.5, 0.6) is 5.75 Å². The van der Waals surface area contributed by atoms with Gasteiger partial charge in [-0.3, -0.25) is 4.79 Å². The highest BCUT2D eigenvalue weighted by atomic mass is 16.5. The van der Waals surface area contributed by atoms with Crippen molar-refractivity contribution >= 4 is 28.5 Å². The lowest BCUT2D eigenvalue weighted by Gasteiger charge is -2.28. The van der Waals surface area contributed by atoms with Gasteiger partial charge >= 0.3 is 6.03 Å². The quantitative estimate of drug-likeness (QED) is 0.210. The molecule has 0 saturated heterocycles. The fourth-order valence-electron chi connectivity index (χ4n) is 4.90. The number of carbonyl (C=O) groups is 2. The number of fused-ring (bicyclic) bond motifs is 1. The Morgan fingerprint density at radius 3 is 2.33 bits per heavy atom. The predicted molar refractivity (Wildman–Crippen MR) is 162 cm³/mol. The molecule has 4 aromatic rings. The molecule has 2 N–H and O–H groups in total. The van der Waals surface area contributed by atoms with E-state index >= 15 is 0 Å². The highest BCUT2D eigenvalue weighted by Gasteiger charge is 2.23. The summed E-state index contributed by atoms with van der Waals surface area (Å²) in [7, 11) is 1.64. The number of carbonyl (C=O) groups excluding carboxylic acids is 2. The number of ether oxygens (including phenoxy) is 1. The third kappa shape index (κ3) is 7.23. The van der Waals surface area contributed by atoms with Crippen LogP contribution in [0, 0.1) is 13.8 Å². The Morgan fingerprint density at radius 2 is 1.62 bits per heavy atom. The molecule has 40 heavy (non-hydrogen) atoms. The molecule has 0 aliphatic carbocycles. The highest BCUT2D eigenvalue weighted by molar-refractivity contribution is 5.93. The first kappa shape index (κ1) is 28.7. The van der Waals surface area contributed by atoms with E-state index in [0.29, 0.717) is 26.1 Å². The highest BCUT2D eigenvalue weighted by Crippen LogP contribution is 2.21. The Morgan fingerprint density at radius 1 is 0.900 bits per heavy atom. The zero-order chi connectivity index (χ0) is 28.5. The van der Waals surface area contributed by atoms with Gasteiger partial charge in [-0.1, -0.05) is 61.9 Å². The third-order valence-electron chi connectivity index (χ3n) is 7.32. The number of urea groups is 1. The Bertz CT molecular complexity index is 1410. The number of H-pyrrole nitrogens is 1. The Hall–Kier alpha value is -4.26. The standard InChI is InChI=1S/C33H40N4O3/c1-5-6-19-37(33(39)35-32-24(2)10-9-11-25(32)3)23-31(38)36(22-26-14-16-28(40-4)17-15-26)20-18-27-21-34-30-13-8-7-12-29(27)30/h7-17,21,34H,5-6,18-20,22-23H2,1-4H3,(H,35,39). The van der Waals surface area contributed by atoms with Crippen LogP contribution >= 0.6 is 0 Å². The van der Waals surface area contributed by atoms with Crippen LogP contribution < -0.4 is 10.1 Å². The minimum absolute atomic E-state index is 0.0147. The molecule has 0 bridgehead atoms. The molecule has 7 nitrogen and oxygen atoms in total. The van der Waals surface area contributed by atoms with Crippen molar-refractivity contribution in [2.24, 2.45) is 0 Å². The summed E-state index contributed by atoms with van der Waals surface area (Å²) in [5.74, 6) is 0.692. The fourth-order valence-corrected chi connectivity index (χ4v) is 4.90. The van der Waals surface area contributed by atoms with Gasteiger partial charge in [0.25, 0.3) is 0 Å². The predicted octanol–water partition coefficient (Wildman–Crippen LogP) is 6.70. The van der Waals surface area contributed by atoms with E-state index in [0.717, 1.165) is 51.9 Å². The van der Waals surface area contributed by atoms with Crippen LogP contribution in [-0.4, -0.2) is 53.5 Å². The van der Waals surface area contributed by atoms with E-state index in [1.165, 1.54) is 5.56 Å². The second-order valence-electron chi connectivity index (χ2n) is 10.2. The lowest BCUT2D eigenvalue weighted by Crippen LogP contribution is -2.45. The minimum Gasteiger partial charge on any atom is -0.497 e. The van der Waals surface area contributed by atoms with Gasteiger partial charge in [-0.15, -0.1) is 0 Å². The molecule has 1 heterocycles. The van der Waals surface area contributed by atoms with Gasteiger partial charge in [-0.05, 0) is 67.1 Å². The number of amides is 3. The number of para-hydroxylation sites is 2. The number of unbranched alkanes of at least 4 members (excludes halogenated alkanes) is 1. The molecule has 3 amide bonds. The Labute approximate surface area is 237 Å². The first-order valence-corrected chi connectivity index (χ1v) is 14.0. The van der Waals surface area contributed by atoms with Crippen LogP contribution in [0.2, 0.25) is 0 Å². The maximum atomic E-state index is 13.8. The second-order valence-corrected chi connectivity index (χ2v) is 10.2. The largest absolute Gasteiger partial charge is 0.497 e. The second kappa shape index (κ2) is 13.7. The summed E-state index contributed by atoms with van der Waals surface area (Å²) in [6, 6.07) is 21.6. The first-order valence-electron chi connectivity index (χ1n) is 14.0. The monoisotopic (exact) mass is 540 g/mol. The number of aromatic amines is 1. The van der Waals surface area contributed by atoms with Gasteiger partial charge in [0.05, 0.1) is 7.11 Å². The average molecular weight is 541 g/mol. The molecule has 0 saturated carbocycles. The van der Waals surface area contributed by atoms with Gasteiger partial charge in [-0.2, -0.15) is 0 Å². The Balaban J connectivity index is 1.53. The number of aryl methyl sites for hydroxylation is 2. The molecule has 0 aliphatic heterocycles. The van der Waals surface area contributed by atoms with Gasteiger partial charge in [-0.25, -0.2) is 4.79 Å². The maximum absolute atomic E-state index is 13.8. The minimum atomic E-state index is -0.250. The van der Waals surface area contributed by atoms with Crippen LogP contribution in [0.25, 0.3) is 10.9 Å². The van der Waals surface area contributed by atoms with Crippen molar-refractivity contribution < 1.29 is 14.3 Å². The molecule has 0 spiro atoms. The Kier molecular flexibility index (Phi) is 9.84. The lowest BCUT2D eigenvalue weighted by atomic mass is 10.1. The van der Waals surface area contributed by atoms with E-state index in [2.05, 4.69) is 29.4 Å². The van der Waals surface area contributed by atoms with E-state index in [1.807, 2.05) is 79.5 Å². The summed E-state index contributed by atoms with van der Waals surface area (Å²) in [4.78, 5) is 34.1. The van der Waals surface area contributed by atoms with Crippen LogP contribution in [0.4, 0.5) is 10.5 Å². The topological polar surface area (TPSA) is 77.7 Å². The number of hydrogen-bond acceptors (Lipinski definition) is 3. The van der Waals surface area contributed by atoms with Crippen LogP contribution in [0.3, 0.4) is 0 Å². The molecule has 4 rings (SSSR count). The third-order valence-corrected chi connectivity index (χ3v) is 7.32. The number of methoxy groups -OCH3 is 1. The number of nitrogens with one attached hydrogen (secondary N) is 2. The molecule has 1 aromatic heterocycles. The number of nitrogens with zero attached hydrogens (tertiary/aromatic N) is 2. The van der Waals surface area contributed by atoms with E-state index in [9.17, 15) is 9.59 Å². The van der Waals surface area contributed by atoms with Crippen molar-refractivity contribution in [3.63, 3.8) is 0 Å². The van der Waals surface area contributed by atoms with Crippen LogP contribution in [-0.2, 0) is 17.8 Å². The number of hydrogen-bond donors (Lipinski definition) is 2. The number of anilines is 1. The molecule has 0 unspecified atom stereocenters. The van der Waals surface area contributed by atoms with E-state index in [1.54, 1.807) is 12.0 Å². The van der Waals surface area contributed by atoms with Gasteiger partial charge in [0.1, 0.15) is 12.3 Å². The van der Waals surface area contributed by atoms with Gasteiger partial charge < -0.3 is 24.8 Å². The lowest BCUT2D eigenvalue weighted by molar-refractivity contribution is -0.132. The molecule has 3 aromatic carbocycles. The summed E-state index contributed by atoms with van der Waals surface area (Å²) in [5, 5.41) is 4.23. The van der Waals surface area contributed by atoms with Crippen LogP contribution in [0.15, 0.2) is 72.9 Å². The first-order chi connectivity index (χ1) is 19.4. The number of rotatable bonds is 12. The van der Waals surface area contributed by atoms with Crippen molar-refractivity contribution in [2.75, 3.05) is 32.1 Å². The number of aromatic nitrogens is 1. The molecule has 0 atom stereocenters. The zero-order valence-electron chi connectivity index (χ0n) is 24.0. The summed E-state index contributed by atoms with van der Waals surface area (Å²) < 4.78 is 5.31. The molecule has 0 aliphatic rings. The molecular weight excluding hydrogens is 500 g/mol. The normalized spacial score (nSPS) is 10.9. The maximum Gasteiger partial charge on any atom is 0.322 e. The smallest absolute Gasteiger partial charge is 0.322 e. The van der Waals surface area contributed by atoms with Gasteiger partial charge in [0, 0.05) is 42.4 Å². The van der Waals surface area contributed by atoms with Gasteiger partial charge in [0.15, 0.2) is 0 Å². The van der Waals surface area contributed by atoms with Crippen LogP contribution in [0.1, 0.15) is 42.0 Å². The number of benzene rings is 3. The fraction of sp³-hybridized carbons (Fsp3) is 0.333. The van der Waals surface area contributed by atoms with E-state index in [-0.39, 0.29) is 18.5 Å². The van der Waals surface area contributed by atoms with Gasteiger partial charge in [0.2, 0.25) is 5.91 Å². The molecule has 7 heteroatoms. The molecule has 0 radical (unpaired) electrons. The molecule has 210 valence electrons. The summed E-state index contributed by atoms with van der Waals surface area (Å²) in [6.07, 6.45) is 4.47. The summed E-state index contributed by atoms with van der Waals surface area (Å²) in [5.41, 5.74) is 6.05. The SMILES string of the molecule is CCCCN(CC(=O)N(CCc1c[nH]c2ccccc12)Cc1ccc(OC)cc1)C(=O)Nc1c(C)cccc1C. The van der Waals surface area contributed by atoms with Crippen molar-refractivity contribution in [1.82, 2.24) is 14.8 Å². The van der Waals surface area contributed by atoms with Crippen molar-refractivity contribution in [2.45, 2.75) is 46.6 Å². The summed E-state index contributed by atoms with van der Waals surface area (Å²) >= 11 is 0.